The third-order valence-corrected chi connectivity index (χ3v) is 3.12. The van der Waals surface area contributed by atoms with E-state index < -0.39 is 23.8 Å². The Balaban J connectivity index is 2.83. The van der Waals surface area contributed by atoms with E-state index in [1.165, 1.54) is 0 Å². The van der Waals surface area contributed by atoms with Gasteiger partial charge in [-0.25, -0.2) is 4.79 Å². The van der Waals surface area contributed by atoms with E-state index in [-0.39, 0.29) is 6.42 Å². The molecule has 0 unspecified atom stereocenters. The largest absolute Gasteiger partial charge is 0.480 e. The van der Waals surface area contributed by atoms with Gasteiger partial charge in [0.2, 0.25) is 0 Å². The molecule has 0 saturated carbocycles. The predicted molar refractivity (Wildman–Crippen MR) is 72.4 cm³/mol. The fraction of sp³-hybridized carbons (Fsp3) is 0.308. The highest BCUT2D eigenvalue weighted by molar-refractivity contribution is 9.10. The fourth-order valence-corrected chi connectivity index (χ4v) is 1.96. The number of carboxylic acids is 1. The average molecular weight is 325 g/mol. The van der Waals surface area contributed by atoms with E-state index in [4.69, 9.17) is 10.4 Å². The van der Waals surface area contributed by atoms with E-state index in [9.17, 15) is 9.59 Å². The van der Waals surface area contributed by atoms with Crippen molar-refractivity contribution < 1.29 is 14.7 Å². The van der Waals surface area contributed by atoms with Crippen LogP contribution in [0.2, 0.25) is 0 Å². The fourth-order valence-electron chi connectivity index (χ4n) is 1.56. The second kappa shape index (κ2) is 6.90. The van der Waals surface area contributed by atoms with E-state index in [2.05, 4.69) is 21.2 Å². The number of hydrogen-bond donors (Lipinski definition) is 2. The first-order valence-corrected chi connectivity index (χ1v) is 6.41. The van der Waals surface area contributed by atoms with Gasteiger partial charge in [0.25, 0.3) is 5.91 Å². The summed E-state index contributed by atoms with van der Waals surface area (Å²) in [4.78, 5) is 23.1. The highest BCUT2D eigenvalue weighted by Gasteiger charge is 2.26. The molecule has 0 aromatic heterocycles. The third-order valence-electron chi connectivity index (χ3n) is 2.62. The van der Waals surface area contributed by atoms with Gasteiger partial charge in [-0.2, -0.15) is 5.26 Å². The normalized spacial score (nSPS) is 13.1. The first-order chi connectivity index (χ1) is 8.95. The Bertz CT molecular complexity index is 525. The van der Waals surface area contributed by atoms with Crippen LogP contribution in [0.15, 0.2) is 28.7 Å². The van der Waals surface area contributed by atoms with Crippen molar-refractivity contribution in [3.63, 3.8) is 0 Å². The van der Waals surface area contributed by atoms with Gasteiger partial charge in [-0.1, -0.05) is 28.9 Å². The van der Waals surface area contributed by atoms with Crippen LogP contribution in [-0.2, 0) is 4.79 Å². The summed E-state index contributed by atoms with van der Waals surface area (Å²) in [7, 11) is 0. The molecular weight excluding hydrogens is 312 g/mol. The van der Waals surface area contributed by atoms with E-state index in [1.807, 2.05) is 6.07 Å². The molecule has 100 valence electrons. The zero-order valence-electron chi connectivity index (χ0n) is 10.3. The molecule has 19 heavy (non-hydrogen) atoms. The highest BCUT2D eigenvalue weighted by Crippen LogP contribution is 2.13. The Morgan fingerprint density at radius 1 is 1.53 bits per heavy atom. The molecule has 0 radical (unpaired) electrons. The van der Waals surface area contributed by atoms with Gasteiger partial charge >= 0.3 is 5.97 Å². The van der Waals surface area contributed by atoms with Gasteiger partial charge in [-0.3, -0.25) is 4.79 Å². The summed E-state index contributed by atoms with van der Waals surface area (Å²) in [6, 6.07) is 7.47. The van der Waals surface area contributed by atoms with Crippen molar-refractivity contribution in [1.29, 1.82) is 5.26 Å². The first kappa shape index (κ1) is 15.2. The minimum Gasteiger partial charge on any atom is -0.480 e. The number of nitriles is 1. The second-order valence-corrected chi connectivity index (χ2v) is 5.05. The lowest BCUT2D eigenvalue weighted by atomic mass is 9.98. The molecule has 0 aliphatic rings. The van der Waals surface area contributed by atoms with Crippen molar-refractivity contribution in [2.45, 2.75) is 19.4 Å². The van der Waals surface area contributed by atoms with Crippen LogP contribution >= 0.6 is 15.9 Å². The number of amides is 1. The zero-order chi connectivity index (χ0) is 14.4. The molecule has 1 rings (SSSR count). The first-order valence-electron chi connectivity index (χ1n) is 5.62. The van der Waals surface area contributed by atoms with Gasteiger partial charge in [0.05, 0.1) is 6.07 Å². The van der Waals surface area contributed by atoms with Gasteiger partial charge in [-0.15, -0.1) is 0 Å². The number of halogens is 1. The van der Waals surface area contributed by atoms with Crippen LogP contribution in [0.4, 0.5) is 0 Å². The van der Waals surface area contributed by atoms with Gasteiger partial charge in [0.1, 0.15) is 6.04 Å². The molecule has 5 nitrogen and oxygen atoms in total. The van der Waals surface area contributed by atoms with Crippen LogP contribution in [0.5, 0.6) is 0 Å². The second-order valence-electron chi connectivity index (χ2n) is 4.14. The van der Waals surface area contributed by atoms with Crippen LogP contribution in [0.1, 0.15) is 23.7 Å². The van der Waals surface area contributed by atoms with E-state index in [0.29, 0.717) is 5.56 Å². The number of nitrogens with zero attached hydrogens (tertiary/aromatic N) is 1. The van der Waals surface area contributed by atoms with Crippen molar-refractivity contribution in [2.75, 3.05) is 0 Å². The van der Waals surface area contributed by atoms with Crippen LogP contribution in [0.3, 0.4) is 0 Å². The van der Waals surface area contributed by atoms with Crippen molar-refractivity contribution in [2.24, 2.45) is 5.92 Å². The Hall–Kier alpha value is -1.87. The number of carboxylic acid groups (broad SMARTS) is 1. The molecule has 1 aromatic rings. The van der Waals surface area contributed by atoms with Crippen LogP contribution < -0.4 is 5.32 Å². The summed E-state index contributed by atoms with van der Waals surface area (Å²) in [6.45, 7) is 1.61. The van der Waals surface area contributed by atoms with Crippen LogP contribution in [0, 0.1) is 17.2 Å². The molecule has 1 amide bonds. The summed E-state index contributed by atoms with van der Waals surface area (Å²) in [5, 5.41) is 20.1. The van der Waals surface area contributed by atoms with E-state index in [0.717, 1.165) is 4.47 Å². The number of benzene rings is 1. The molecule has 0 saturated heterocycles. The van der Waals surface area contributed by atoms with E-state index >= 15 is 0 Å². The molecule has 0 fully saturated rings. The number of nitrogens with one attached hydrogen (secondary N) is 1. The molecule has 2 N–H and O–H groups in total. The smallest absolute Gasteiger partial charge is 0.326 e. The zero-order valence-corrected chi connectivity index (χ0v) is 11.8. The number of aliphatic carboxylic acids is 1. The van der Waals surface area contributed by atoms with Gasteiger partial charge in [0, 0.05) is 22.4 Å². The average Bonchev–Trinajstić information content (AvgIpc) is 2.35. The SMILES string of the molecule is C[C@H](CC#N)[C@@H](NC(=O)c1cccc(Br)c1)C(=O)O. The van der Waals surface area contributed by atoms with Crippen LogP contribution in [0.25, 0.3) is 0 Å². The Morgan fingerprint density at radius 2 is 2.21 bits per heavy atom. The summed E-state index contributed by atoms with van der Waals surface area (Å²) in [6.07, 6.45) is 0.0652. The van der Waals surface area contributed by atoms with Gasteiger partial charge in [0.15, 0.2) is 0 Å². The maximum Gasteiger partial charge on any atom is 0.326 e. The Labute approximate surface area is 119 Å². The summed E-state index contributed by atoms with van der Waals surface area (Å²) < 4.78 is 0.733. The molecule has 0 spiro atoms. The number of carbonyl (C=O) groups excluding carboxylic acids is 1. The highest BCUT2D eigenvalue weighted by atomic mass is 79.9. The van der Waals surface area contributed by atoms with Crippen molar-refractivity contribution in [3.05, 3.63) is 34.3 Å². The number of rotatable bonds is 5. The standard InChI is InChI=1S/C13H13BrN2O3/c1-8(5-6-15)11(13(18)19)16-12(17)9-3-2-4-10(14)7-9/h2-4,7-8,11H,5H2,1H3,(H,16,17)(H,18,19)/t8-,11-/m1/s1. The third kappa shape index (κ3) is 4.38. The lowest BCUT2D eigenvalue weighted by Crippen LogP contribution is -2.45. The maximum atomic E-state index is 11.9. The Kier molecular flexibility index (Phi) is 5.52. The molecule has 0 aliphatic carbocycles. The predicted octanol–water partition coefficient (Wildman–Crippen LogP) is 2.18. The summed E-state index contributed by atoms with van der Waals surface area (Å²) >= 11 is 3.24. The molecule has 0 bridgehead atoms. The molecule has 0 heterocycles. The Morgan fingerprint density at radius 3 is 2.74 bits per heavy atom. The van der Waals surface area contributed by atoms with Gasteiger partial charge in [-0.05, 0) is 18.2 Å². The van der Waals surface area contributed by atoms with Crippen molar-refractivity contribution >= 4 is 27.8 Å². The molecule has 1 aromatic carbocycles. The minimum atomic E-state index is -1.15. The minimum absolute atomic E-state index is 0.0652. The summed E-state index contributed by atoms with van der Waals surface area (Å²) in [5.74, 6) is -2.08. The maximum absolute atomic E-state index is 11.9. The number of hydrogen-bond acceptors (Lipinski definition) is 3. The van der Waals surface area contributed by atoms with Gasteiger partial charge < -0.3 is 10.4 Å². The van der Waals surface area contributed by atoms with Crippen molar-refractivity contribution in [3.8, 4) is 6.07 Å². The summed E-state index contributed by atoms with van der Waals surface area (Å²) in [5.41, 5.74) is 0.366. The molecule has 6 heteroatoms. The molecule has 2 atom stereocenters. The lowest BCUT2D eigenvalue weighted by Gasteiger charge is -2.19. The van der Waals surface area contributed by atoms with Crippen molar-refractivity contribution in [1.82, 2.24) is 5.32 Å². The van der Waals surface area contributed by atoms with E-state index in [1.54, 1.807) is 31.2 Å². The molecule has 0 aliphatic heterocycles. The monoisotopic (exact) mass is 324 g/mol. The lowest BCUT2D eigenvalue weighted by molar-refractivity contribution is -0.140. The number of carbonyl (C=O) groups is 2. The quantitative estimate of drug-likeness (QED) is 0.868. The van der Waals surface area contributed by atoms with Crippen LogP contribution in [-0.4, -0.2) is 23.0 Å². The topological polar surface area (TPSA) is 90.2 Å². The molecular formula is C13H13BrN2O3.